The molecule has 292 valence electrons. The molecule has 0 atom stereocenters. The van der Waals surface area contributed by atoms with Gasteiger partial charge in [-0.2, -0.15) is 0 Å². The van der Waals surface area contributed by atoms with Crippen LogP contribution < -0.4 is 4.90 Å². The van der Waals surface area contributed by atoms with E-state index in [1.54, 1.807) is 0 Å². The lowest BCUT2D eigenvalue weighted by Crippen LogP contribution is -2.10. The smallest absolute Gasteiger partial charge is 0.0547 e. The first kappa shape index (κ1) is 36.8. The van der Waals surface area contributed by atoms with E-state index in [0.29, 0.717) is 0 Å². The summed E-state index contributed by atoms with van der Waals surface area (Å²) in [7, 11) is 0. The fourth-order valence-electron chi connectivity index (χ4n) is 9.28. The van der Waals surface area contributed by atoms with Crippen molar-refractivity contribution in [1.29, 1.82) is 0 Å². The number of hydrogen-bond acceptors (Lipinski definition) is 1. The zero-order valence-corrected chi connectivity index (χ0v) is 34.1. The molecule has 11 aromatic rings. The van der Waals surface area contributed by atoms with Gasteiger partial charge >= 0.3 is 0 Å². The van der Waals surface area contributed by atoms with Crippen molar-refractivity contribution < 1.29 is 0 Å². The van der Waals surface area contributed by atoms with Crippen molar-refractivity contribution in [3.63, 3.8) is 0 Å². The lowest BCUT2D eigenvalue weighted by Gasteiger charge is -2.27. The van der Waals surface area contributed by atoms with E-state index in [2.05, 4.69) is 264 Å². The number of rotatable bonds is 9. The number of fused-ring (bicyclic) bond motifs is 3. The van der Waals surface area contributed by atoms with Crippen LogP contribution >= 0.6 is 0 Å². The van der Waals surface area contributed by atoms with E-state index in [-0.39, 0.29) is 0 Å². The molecule has 0 aliphatic heterocycles. The number of nitrogens with zero attached hydrogens (tertiary/aromatic N) is 2. The predicted octanol–water partition coefficient (Wildman–Crippen LogP) is 16.6. The molecule has 0 aliphatic rings. The van der Waals surface area contributed by atoms with E-state index in [0.717, 1.165) is 33.9 Å². The third kappa shape index (κ3) is 6.65. The summed E-state index contributed by atoms with van der Waals surface area (Å²) in [5.74, 6) is 0. The maximum atomic E-state index is 2.39. The summed E-state index contributed by atoms with van der Waals surface area (Å²) in [5.41, 5.74) is 18.7. The number of aromatic nitrogens is 1. The zero-order chi connectivity index (χ0) is 41.2. The zero-order valence-electron chi connectivity index (χ0n) is 34.1. The summed E-state index contributed by atoms with van der Waals surface area (Å²) in [4.78, 5) is 2.39. The second-order valence-corrected chi connectivity index (χ2v) is 15.7. The van der Waals surface area contributed by atoms with Gasteiger partial charge in [-0.3, -0.25) is 0 Å². The van der Waals surface area contributed by atoms with E-state index in [9.17, 15) is 0 Å². The van der Waals surface area contributed by atoms with Crippen molar-refractivity contribution in [2.45, 2.75) is 0 Å². The average molecular weight is 791 g/mol. The summed E-state index contributed by atoms with van der Waals surface area (Å²) in [6.45, 7) is 0. The molecule has 11 rings (SSSR count). The Morgan fingerprint density at radius 3 is 1.37 bits per heavy atom. The van der Waals surface area contributed by atoms with Crippen LogP contribution in [0.2, 0.25) is 0 Å². The molecule has 0 unspecified atom stereocenters. The first-order chi connectivity index (χ1) is 30.8. The standard InChI is InChI=1S/C60H42N2/c1-5-21-43(22-6-1)51-33-13-14-34-55(51)59-52(44-23-7-2-8-24-44)36-19-37-53(59)45-25-17-31-49(41-45)61(47-27-9-3-10-28-47)50-32-18-26-46(42-50)54-38-20-40-58-60(54)56-35-15-16-39-57(56)62(58)48-29-11-4-12-30-48/h1-42H. The molecule has 1 heterocycles. The fourth-order valence-corrected chi connectivity index (χ4v) is 9.28. The first-order valence-electron chi connectivity index (χ1n) is 21.3. The Labute approximate surface area is 362 Å². The van der Waals surface area contributed by atoms with Crippen molar-refractivity contribution in [1.82, 2.24) is 4.57 Å². The highest BCUT2D eigenvalue weighted by Crippen LogP contribution is 2.46. The highest BCUT2D eigenvalue weighted by Gasteiger charge is 2.21. The van der Waals surface area contributed by atoms with E-state index in [4.69, 9.17) is 0 Å². The molecule has 10 aromatic carbocycles. The summed E-state index contributed by atoms with van der Waals surface area (Å²) in [5, 5.41) is 2.49. The minimum absolute atomic E-state index is 1.08. The van der Waals surface area contributed by atoms with Gasteiger partial charge in [-0.1, -0.05) is 194 Å². The Balaban J connectivity index is 1.09. The monoisotopic (exact) mass is 790 g/mol. The quantitative estimate of drug-likeness (QED) is 0.141. The second kappa shape index (κ2) is 16.1. The predicted molar refractivity (Wildman–Crippen MR) is 263 cm³/mol. The molecule has 0 fully saturated rings. The van der Waals surface area contributed by atoms with Crippen LogP contribution in [0.4, 0.5) is 17.1 Å². The molecule has 0 aliphatic carbocycles. The largest absolute Gasteiger partial charge is 0.310 e. The van der Waals surface area contributed by atoms with Crippen LogP contribution in [0.3, 0.4) is 0 Å². The van der Waals surface area contributed by atoms with E-state index < -0.39 is 0 Å². The average Bonchev–Trinajstić information content (AvgIpc) is 3.70. The van der Waals surface area contributed by atoms with Gasteiger partial charge in [0.25, 0.3) is 0 Å². The minimum atomic E-state index is 1.08. The van der Waals surface area contributed by atoms with Gasteiger partial charge < -0.3 is 9.47 Å². The third-order valence-corrected chi connectivity index (χ3v) is 12.0. The van der Waals surface area contributed by atoms with Crippen LogP contribution in [0.25, 0.3) is 83.1 Å². The molecule has 2 nitrogen and oxygen atoms in total. The van der Waals surface area contributed by atoms with Crippen molar-refractivity contribution >= 4 is 38.9 Å². The van der Waals surface area contributed by atoms with Crippen LogP contribution in [0, 0.1) is 0 Å². The number of anilines is 3. The van der Waals surface area contributed by atoms with Crippen LogP contribution in [-0.4, -0.2) is 4.57 Å². The van der Waals surface area contributed by atoms with Gasteiger partial charge in [0.1, 0.15) is 0 Å². The van der Waals surface area contributed by atoms with Gasteiger partial charge in [-0.05, 0) is 116 Å². The fraction of sp³-hybridized carbons (Fsp3) is 0. The number of para-hydroxylation sites is 3. The summed E-state index contributed by atoms with van der Waals surface area (Å²) in [6, 6.07) is 92.0. The highest BCUT2D eigenvalue weighted by atomic mass is 15.1. The number of benzene rings is 10. The molecule has 0 saturated heterocycles. The Hall–Kier alpha value is -8.20. The lowest BCUT2D eigenvalue weighted by atomic mass is 9.84. The Morgan fingerprint density at radius 2 is 0.694 bits per heavy atom. The van der Waals surface area contributed by atoms with Crippen molar-refractivity contribution in [2.75, 3.05) is 4.90 Å². The van der Waals surface area contributed by atoms with Crippen molar-refractivity contribution in [3.05, 3.63) is 255 Å². The Kier molecular flexibility index (Phi) is 9.57. The molecule has 0 spiro atoms. The van der Waals surface area contributed by atoms with Crippen molar-refractivity contribution in [3.8, 4) is 61.3 Å². The van der Waals surface area contributed by atoms with Crippen LogP contribution in [-0.2, 0) is 0 Å². The molecule has 0 bridgehead atoms. The molecule has 0 radical (unpaired) electrons. The molecular formula is C60H42N2. The molecule has 1 aromatic heterocycles. The van der Waals surface area contributed by atoms with Gasteiger partial charge in [0, 0.05) is 33.5 Å². The molecule has 0 N–H and O–H groups in total. The van der Waals surface area contributed by atoms with E-state index in [1.165, 1.54) is 66.3 Å². The van der Waals surface area contributed by atoms with Crippen LogP contribution in [0.1, 0.15) is 0 Å². The van der Waals surface area contributed by atoms with Gasteiger partial charge in [-0.15, -0.1) is 0 Å². The highest BCUT2D eigenvalue weighted by molar-refractivity contribution is 6.16. The van der Waals surface area contributed by atoms with Crippen LogP contribution in [0.5, 0.6) is 0 Å². The summed E-state index contributed by atoms with van der Waals surface area (Å²) >= 11 is 0. The number of hydrogen-bond donors (Lipinski definition) is 0. The summed E-state index contributed by atoms with van der Waals surface area (Å²) in [6.07, 6.45) is 0. The van der Waals surface area contributed by atoms with E-state index in [1.807, 2.05) is 0 Å². The van der Waals surface area contributed by atoms with Gasteiger partial charge in [0.05, 0.1) is 11.0 Å². The summed E-state index contributed by atoms with van der Waals surface area (Å²) < 4.78 is 2.39. The minimum Gasteiger partial charge on any atom is -0.310 e. The topological polar surface area (TPSA) is 8.17 Å². The van der Waals surface area contributed by atoms with Gasteiger partial charge in [0.15, 0.2) is 0 Å². The molecule has 62 heavy (non-hydrogen) atoms. The molecule has 2 heteroatoms. The van der Waals surface area contributed by atoms with Crippen LogP contribution in [0.15, 0.2) is 255 Å². The maximum absolute atomic E-state index is 2.39. The Morgan fingerprint density at radius 1 is 0.274 bits per heavy atom. The van der Waals surface area contributed by atoms with Gasteiger partial charge in [0.2, 0.25) is 0 Å². The SMILES string of the molecule is c1ccc(-c2ccccc2-c2c(-c3ccccc3)cccc2-c2cccc(N(c3ccccc3)c3cccc(-c4cccc5c4c4ccccc4n5-c4ccccc4)c3)c2)cc1. The normalized spacial score (nSPS) is 11.2. The third-order valence-electron chi connectivity index (χ3n) is 12.0. The first-order valence-corrected chi connectivity index (χ1v) is 21.3. The molecule has 0 amide bonds. The molecular weight excluding hydrogens is 749 g/mol. The van der Waals surface area contributed by atoms with E-state index >= 15 is 0 Å². The maximum Gasteiger partial charge on any atom is 0.0547 e. The second-order valence-electron chi connectivity index (χ2n) is 15.7. The molecule has 0 saturated carbocycles. The van der Waals surface area contributed by atoms with Gasteiger partial charge in [-0.25, -0.2) is 0 Å². The lowest BCUT2D eigenvalue weighted by molar-refractivity contribution is 1.18. The Bertz CT molecular complexity index is 3330. The van der Waals surface area contributed by atoms with Crippen molar-refractivity contribution in [2.24, 2.45) is 0 Å².